The largest absolute Gasteiger partial charge is 0.457 e. The molecule has 3 aliphatic carbocycles. The zero-order valence-electron chi connectivity index (χ0n) is 10.2. The first-order valence-corrected chi connectivity index (χ1v) is 6.30. The summed E-state index contributed by atoms with van der Waals surface area (Å²) in [6, 6.07) is 0. The fraction of sp³-hybridized carbons (Fsp3) is 1.00. The summed E-state index contributed by atoms with van der Waals surface area (Å²) in [5, 5.41) is 0. The maximum absolute atomic E-state index is 6.08. The lowest BCUT2D eigenvalue weighted by molar-refractivity contribution is -0.185. The number of hydrogen-bond acceptors (Lipinski definition) is 2. The van der Waals surface area contributed by atoms with Crippen molar-refractivity contribution in [3.8, 4) is 0 Å². The van der Waals surface area contributed by atoms with Crippen molar-refractivity contribution >= 4 is 7.12 Å². The van der Waals surface area contributed by atoms with Gasteiger partial charge < -0.3 is 9.31 Å². The van der Waals surface area contributed by atoms with Crippen molar-refractivity contribution in [2.75, 3.05) is 0 Å². The van der Waals surface area contributed by atoms with Crippen molar-refractivity contribution in [1.82, 2.24) is 0 Å². The fourth-order valence-corrected chi connectivity index (χ4v) is 3.97. The highest BCUT2D eigenvalue weighted by Gasteiger charge is 2.66. The van der Waals surface area contributed by atoms with Gasteiger partial charge in [0.2, 0.25) is 0 Å². The summed E-state index contributed by atoms with van der Waals surface area (Å²) < 4.78 is 12.2. The molecule has 0 aromatic rings. The smallest absolute Gasteiger partial charge is 0.405 e. The van der Waals surface area contributed by atoms with Gasteiger partial charge >= 0.3 is 7.12 Å². The standard InChI is InChI=1S/C12H21BO2/c1-5-13-14-10-9-6-8(11(9,2)3)7-12(10,4)15-13/h8-10H,5-7H2,1-4H3/t8-,9?,10-,12+/m1/s1. The van der Waals surface area contributed by atoms with Gasteiger partial charge in [0, 0.05) is 0 Å². The van der Waals surface area contributed by atoms with Gasteiger partial charge in [-0.05, 0) is 43.3 Å². The van der Waals surface area contributed by atoms with Crippen LogP contribution < -0.4 is 0 Å². The van der Waals surface area contributed by atoms with E-state index in [1.54, 1.807) is 0 Å². The van der Waals surface area contributed by atoms with Gasteiger partial charge in [0.1, 0.15) is 0 Å². The summed E-state index contributed by atoms with van der Waals surface area (Å²) in [6.07, 6.45) is 3.87. The summed E-state index contributed by atoms with van der Waals surface area (Å²) in [4.78, 5) is 0. The minimum Gasteiger partial charge on any atom is -0.405 e. The van der Waals surface area contributed by atoms with E-state index < -0.39 is 0 Å². The van der Waals surface area contributed by atoms with E-state index in [2.05, 4.69) is 27.7 Å². The molecule has 0 amide bonds. The molecule has 3 heteroatoms. The third kappa shape index (κ3) is 1.14. The highest BCUT2D eigenvalue weighted by atomic mass is 16.7. The fourth-order valence-electron chi connectivity index (χ4n) is 3.97. The molecule has 4 aliphatic rings. The first-order chi connectivity index (χ1) is 6.97. The van der Waals surface area contributed by atoms with Crippen molar-refractivity contribution in [2.24, 2.45) is 17.3 Å². The van der Waals surface area contributed by atoms with Gasteiger partial charge in [-0.25, -0.2) is 0 Å². The molecule has 0 N–H and O–H groups in total. The topological polar surface area (TPSA) is 18.5 Å². The molecule has 1 unspecified atom stereocenters. The summed E-state index contributed by atoms with van der Waals surface area (Å²) in [5.74, 6) is 1.57. The van der Waals surface area contributed by atoms with Crippen LogP contribution >= 0.6 is 0 Å². The minimum atomic E-state index is 0.0176. The Balaban J connectivity index is 1.87. The monoisotopic (exact) mass is 208 g/mol. The van der Waals surface area contributed by atoms with Crippen molar-refractivity contribution < 1.29 is 9.31 Å². The normalized spacial score (nSPS) is 51.2. The molecule has 3 saturated carbocycles. The molecule has 1 saturated heterocycles. The van der Waals surface area contributed by atoms with E-state index in [4.69, 9.17) is 9.31 Å². The molecule has 1 heterocycles. The minimum absolute atomic E-state index is 0.0176. The Morgan fingerprint density at radius 2 is 2.07 bits per heavy atom. The molecular formula is C12H21BO2. The molecule has 2 nitrogen and oxygen atoms in total. The van der Waals surface area contributed by atoms with E-state index in [9.17, 15) is 0 Å². The van der Waals surface area contributed by atoms with Crippen LogP contribution in [0.3, 0.4) is 0 Å². The van der Waals surface area contributed by atoms with Crippen LogP contribution in [0.5, 0.6) is 0 Å². The van der Waals surface area contributed by atoms with Crippen LogP contribution in [-0.4, -0.2) is 18.8 Å². The predicted octanol–water partition coefficient (Wildman–Crippen LogP) is 2.73. The molecule has 1 aliphatic heterocycles. The third-order valence-corrected chi connectivity index (χ3v) is 5.20. The Morgan fingerprint density at radius 3 is 2.67 bits per heavy atom. The molecular weight excluding hydrogens is 187 g/mol. The van der Waals surface area contributed by atoms with Gasteiger partial charge in [-0.2, -0.15) is 0 Å². The summed E-state index contributed by atoms with van der Waals surface area (Å²) in [6.45, 7) is 9.19. The molecule has 0 radical (unpaired) electrons. The Labute approximate surface area is 92.9 Å². The lowest BCUT2D eigenvalue weighted by atomic mass is 9.45. The van der Waals surface area contributed by atoms with Crippen LogP contribution in [0.4, 0.5) is 0 Å². The zero-order chi connectivity index (χ0) is 10.8. The Kier molecular flexibility index (Phi) is 1.90. The van der Waals surface area contributed by atoms with Gasteiger partial charge in [0.15, 0.2) is 0 Å². The highest BCUT2D eigenvalue weighted by molar-refractivity contribution is 6.45. The highest BCUT2D eigenvalue weighted by Crippen LogP contribution is 2.64. The van der Waals surface area contributed by atoms with Gasteiger partial charge in [0.05, 0.1) is 11.7 Å². The Hall–Kier alpha value is -0.0151. The molecule has 4 fully saturated rings. The Morgan fingerprint density at radius 1 is 1.33 bits per heavy atom. The van der Waals surface area contributed by atoms with E-state index in [0.717, 1.165) is 18.2 Å². The molecule has 15 heavy (non-hydrogen) atoms. The van der Waals surface area contributed by atoms with Gasteiger partial charge in [-0.15, -0.1) is 0 Å². The second kappa shape index (κ2) is 2.81. The SMILES string of the molecule is CCB1O[C@@H]2C3C[C@H](C[C@]2(C)O1)C3(C)C. The van der Waals surface area contributed by atoms with E-state index in [-0.39, 0.29) is 12.7 Å². The zero-order valence-corrected chi connectivity index (χ0v) is 10.2. The predicted molar refractivity (Wildman–Crippen MR) is 60.6 cm³/mol. The quantitative estimate of drug-likeness (QED) is 0.617. The first-order valence-electron chi connectivity index (χ1n) is 6.30. The van der Waals surface area contributed by atoms with Gasteiger partial charge in [-0.1, -0.05) is 20.8 Å². The van der Waals surface area contributed by atoms with E-state index in [1.165, 1.54) is 12.8 Å². The van der Waals surface area contributed by atoms with Crippen molar-refractivity contribution in [2.45, 2.75) is 58.6 Å². The lowest BCUT2D eigenvalue weighted by Gasteiger charge is -2.63. The average Bonchev–Trinajstić information content (AvgIpc) is 2.53. The van der Waals surface area contributed by atoms with Crippen LogP contribution in [0, 0.1) is 17.3 Å². The second-order valence-electron chi connectivity index (χ2n) is 6.39. The van der Waals surface area contributed by atoms with E-state index in [1.807, 2.05) is 0 Å². The van der Waals surface area contributed by atoms with Crippen molar-refractivity contribution in [3.63, 3.8) is 0 Å². The lowest BCUT2D eigenvalue weighted by Crippen LogP contribution is -2.63. The van der Waals surface area contributed by atoms with Gasteiger partial charge in [-0.3, -0.25) is 0 Å². The summed E-state index contributed by atoms with van der Waals surface area (Å²) in [7, 11) is 0.0511. The molecule has 0 aromatic heterocycles. The molecule has 0 spiro atoms. The van der Waals surface area contributed by atoms with E-state index >= 15 is 0 Å². The number of rotatable bonds is 1. The maximum atomic E-state index is 6.08. The van der Waals surface area contributed by atoms with Crippen LogP contribution in [0.15, 0.2) is 0 Å². The summed E-state index contributed by atoms with van der Waals surface area (Å²) >= 11 is 0. The van der Waals surface area contributed by atoms with Crippen LogP contribution in [0.1, 0.15) is 40.5 Å². The summed E-state index contributed by atoms with van der Waals surface area (Å²) in [5.41, 5.74) is 0.500. The Bertz CT molecular complexity index is 291. The van der Waals surface area contributed by atoms with Crippen LogP contribution in [0.25, 0.3) is 0 Å². The first kappa shape index (κ1) is 10.2. The number of hydrogen-bond donors (Lipinski definition) is 0. The third-order valence-electron chi connectivity index (χ3n) is 5.20. The van der Waals surface area contributed by atoms with Crippen LogP contribution in [-0.2, 0) is 9.31 Å². The maximum Gasteiger partial charge on any atom is 0.457 e. The van der Waals surface area contributed by atoms with E-state index in [0.29, 0.717) is 11.5 Å². The van der Waals surface area contributed by atoms with Crippen LogP contribution in [0.2, 0.25) is 6.32 Å². The molecule has 0 aromatic carbocycles. The average molecular weight is 208 g/mol. The second-order valence-corrected chi connectivity index (χ2v) is 6.39. The molecule has 84 valence electrons. The molecule has 4 rings (SSSR count). The van der Waals surface area contributed by atoms with Crippen molar-refractivity contribution in [1.29, 1.82) is 0 Å². The molecule has 4 atom stereocenters. The molecule has 2 bridgehead atoms. The van der Waals surface area contributed by atoms with Gasteiger partial charge in [0.25, 0.3) is 0 Å². The van der Waals surface area contributed by atoms with Crippen molar-refractivity contribution in [3.05, 3.63) is 0 Å².